The first-order valence-electron chi connectivity index (χ1n) is 5.72. The lowest BCUT2D eigenvalue weighted by Gasteiger charge is -2.19. The van der Waals surface area contributed by atoms with Crippen molar-refractivity contribution in [2.75, 3.05) is 4.90 Å². The largest absolute Gasteiger partial charge is 0.309 e. The summed E-state index contributed by atoms with van der Waals surface area (Å²) in [5.41, 5.74) is 2.89. The van der Waals surface area contributed by atoms with E-state index in [0.29, 0.717) is 11.6 Å². The van der Waals surface area contributed by atoms with Gasteiger partial charge in [0.1, 0.15) is 0 Å². The van der Waals surface area contributed by atoms with Gasteiger partial charge in [-0.05, 0) is 30.2 Å². The van der Waals surface area contributed by atoms with Crippen molar-refractivity contribution in [2.45, 2.75) is 13.5 Å². The Labute approximate surface area is 112 Å². The van der Waals surface area contributed by atoms with Gasteiger partial charge < -0.3 is 4.90 Å². The quantitative estimate of drug-likeness (QED) is 0.765. The van der Waals surface area contributed by atoms with Crippen LogP contribution >= 0.6 is 11.6 Å². The molecule has 0 aliphatic rings. The molecule has 0 bridgehead atoms. The highest BCUT2D eigenvalue weighted by Crippen LogP contribution is 2.27. The van der Waals surface area contributed by atoms with E-state index in [1.165, 1.54) is 0 Å². The van der Waals surface area contributed by atoms with E-state index in [0.717, 1.165) is 23.2 Å². The molecule has 2 rings (SSSR count). The minimum atomic E-state index is 0.521. The zero-order valence-corrected chi connectivity index (χ0v) is 10.9. The third-order valence-corrected chi connectivity index (χ3v) is 3.04. The molecular formula is C15H14ClNO. The molecule has 0 saturated carbocycles. The van der Waals surface area contributed by atoms with Gasteiger partial charge in [-0.15, -0.1) is 0 Å². The molecule has 0 spiro atoms. The third kappa shape index (κ3) is 2.90. The fraction of sp³-hybridized carbons (Fsp3) is 0.133. The van der Waals surface area contributed by atoms with E-state index in [4.69, 9.17) is 11.6 Å². The number of rotatable bonds is 4. The Morgan fingerprint density at radius 3 is 2.50 bits per heavy atom. The van der Waals surface area contributed by atoms with Crippen molar-refractivity contribution < 1.29 is 4.79 Å². The van der Waals surface area contributed by atoms with Gasteiger partial charge in [0.25, 0.3) is 0 Å². The second kappa shape index (κ2) is 5.69. The highest BCUT2D eigenvalue weighted by molar-refractivity contribution is 6.33. The SMILES string of the molecule is Cc1ccc(N(C=O)Cc2ccccc2)c(Cl)c1. The lowest BCUT2D eigenvalue weighted by atomic mass is 10.2. The van der Waals surface area contributed by atoms with E-state index in [-0.39, 0.29) is 0 Å². The third-order valence-electron chi connectivity index (χ3n) is 2.74. The molecule has 0 aliphatic carbocycles. The second-order valence-corrected chi connectivity index (χ2v) is 4.58. The summed E-state index contributed by atoms with van der Waals surface area (Å²) in [4.78, 5) is 12.8. The minimum Gasteiger partial charge on any atom is -0.309 e. The molecule has 2 aromatic rings. The summed E-state index contributed by atoms with van der Waals surface area (Å²) in [6.07, 6.45) is 0.809. The normalized spacial score (nSPS) is 10.1. The molecule has 1 amide bonds. The average molecular weight is 260 g/mol. The Balaban J connectivity index is 2.26. The maximum atomic E-state index is 11.2. The molecule has 3 heteroatoms. The van der Waals surface area contributed by atoms with Crippen LogP contribution < -0.4 is 4.90 Å². The van der Waals surface area contributed by atoms with E-state index >= 15 is 0 Å². The standard InChI is InChI=1S/C15H14ClNO/c1-12-7-8-15(14(16)9-12)17(11-18)10-13-5-3-2-4-6-13/h2-9,11H,10H2,1H3. The Kier molecular flexibility index (Phi) is 4.00. The van der Waals surface area contributed by atoms with E-state index in [9.17, 15) is 4.79 Å². The summed E-state index contributed by atoms with van der Waals surface area (Å²) in [5, 5.41) is 0.595. The average Bonchev–Trinajstić information content (AvgIpc) is 2.38. The van der Waals surface area contributed by atoms with Gasteiger partial charge in [-0.25, -0.2) is 0 Å². The monoisotopic (exact) mass is 259 g/mol. The van der Waals surface area contributed by atoms with Gasteiger partial charge in [0.2, 0.25) is 6.41 Å². The minimum absolute atomic E-state index is 0.521. The Morgan fingerprint density at radius 1 is 1.17 bits per heavy atom. The maximum absolute atomic E-state index is 11.2. The van der Waals surface area contributed by atoms with E-state index in [1.54, 1.807) is 4.90 Å². The number of carbonyl (C=O) groups is 1. The zero-order valence-electron chi connectivity index (χ0n) is 10.1. The van der Waals surface area contributed by atoms with Crippen molar-refractivity contribution in [1.82, 2.24) is 0 Å². The smallest absolute Gasteiger partial charge is 0.214 e. The van der Waals surface area contributed by atoms with Crippen molar-refractivity contribution in [3.8, 4) is 0 Å². The molecule has 0 aliphatic heterocycles. The molecule has 0 N–H and O–H groups in total. The Bertz CT molecular complexity index is 539. The number of benzene rings is 2. The lowest BCUT2D eigenvalue weighted by Crippen LogP contribution is -2.20. The van der Waals surface area contributed by atoms with Gasteiger partial charge in [-0.1, -0.05) is 48.0 Å². The van der Waals surface area contributed by atoms with Gasteiger partial charge in [0.05, 0.1) is 17.3 Å². The Morgan fingerprint density at radius 2 is 1.89 bits per heavy atom. The molecule has 0 aromatic heterocycles. The molecule has 0 heterocycles. The summed E-state index contributed by atoms with van der Waals surface area (Å²) >= 11 is 6.17. The number of halogens is 1. The van der Waals surface area contributed by atoms with Crippen molar-refractivity contribution in [3.63, 3.8) is 0 Å². The van der Waals surface area contributed by atoms with Crippen molar-refractivity contribution >= 4 is 23.7 Å². The van der Waals surface area contributed by atoms with Crippen LogP contribution in [0, 0.1) is 6.92 Å². The predicted octanol–water partition coefficient (Wildman–Crippen LogP) is 3.81. The fourth-order valence-corrected chi connectivity index (χ4v) is 2.15. The number of carbonyl (C=O) groups excluding carboxylic acids is 1. The molecule has 0 fully saturated rings. The lowest BCUT2D eigenvalue weighted by molar-refractivity contribution is -0.107. The molecular weight excluding hydrogens is 246 g/mol. The Hall–Kier alpha value is -1.80. The molecule has 0 atom stereocenters. The predicted molar refractivity (Wildman–Crippen MR) is 74.9 cm³/mol. The number of amides is 1. The van der Waals surface area contributed by atoms with Crippen molar-refractivity contribution in [1.29, 1.82) is 0 Å². The van der Waals surface area contributed by atoms with E-state index in [1.807, 2.05) is 55.5 Å². The number of anilines is 1. The van der Waals surface area contributed by atoms with Crippen LogP contribution in [0.4, 0.5) is 5.69 Å². The highest BCUT2D eigenvalue weighted by atomic mass is 35.5. The first-order valence-corrected chi connectivity index (χ1v) is 6.10. The summed E-state index contributed by atoms with van der Waals surface area (Å²) < 4.78 is 0. The maximum Gasteiger partial charge on any atom is 0.214 e. The summed E-state index contributed by atoms with van der Waals surface area (Å²) in [6.45, 7) is 2.49. The van der Waals surface area contributed by atoms with E-state index in [2.05, 4.69) is 0 Å². The van der Waals surface area contributed by atoms with Gasteiger partial charge in [0.15, 0.2) is 0 Å². The zero-order chi connectivity index (χ0) is 13.0. The first-order chi connectivity index (χ1) is 8.70. The molecule has 18 heavy (non-hydrogen) atoms. The molecule has 2 aromatic carbocycles. The number of aryl methyl sites for hydroxylation is 1. The van der Waals surface area contributed by atoms with E-state index < -0.39 is 0 Å². The van der Waals surface area contributed by atoms with Crippen molar-refractivity contribution in [2.24, 2.45) is 0 Å². The second-order valence-electron chi connectivity index (χ2n) is 4.17. The number of hydrogen-bond donors (Lipinski definition) is 0. The summed E-state index contributed by atoms with van der Waals surface area (Å²) in [6, 6.07) is 15.5. The van der Waals surface area contributed by atoms with Crippen LogP contribution in [0.25, 0.3) is 0 Å². The fourth-order valence-electron chi connectivity index (χ4n) is 1.80. The number of hydrogen-bond acceptors (Lipinski definition) is 1. The number of nitrogens with zero attached hydrogens (tertiary/aromatic N) is 1. The van der Waals surface area contributed by atoms with Crippen LogP contribution in [0.15, 0.2) is 48.5 Å². The topological polar surface area (TPSA) is 20.3 Å². The molecule has 0 saturated heterocycles. The van der Waals surface area contributed by atoms with Gasteiger partial charge in [-0.3, -0.25) is 4.79 Å². The van der Waals surface area contributed by atoms with Gasteiger partial charge in [0, 0.05) is 0 Å². The van der Waals surface area contributed by atoms with Crippen LogP contribution in [0.5, 0.6) is 0 Å². The summed E-state index contributed by atoms with van der Waals surface area (Å²) in [5.74, 6) is 0. The van der Waals surface area contributed by atoms with Crippen LogP contribution in [0.2, 0.25) is 5.02 Å². The highest BCUT2D eigenvalue weighted by Gasteiger charge is 2.10. The molecule has 2 nitrogen and oxygen atoms in total. The van der Waals surface area contributed by atoms with Gasteiger partial charge in [-0.2, -0.15) is 0 Å². The molecule has 0 unspecified atom stereocenters. The van der Waals surface area contributed by atoms with Crippen LogP contribution in [-0.4, -0.2) is 6.41 Å². The van der Waals surface area contributed by atoms with Crippen LogP contribution in [0.3, 0.4) is 0 Å². The molecule has 92 valence electrons. The molecule has 0 radical (unpaired) electrons. The van der Waals surface area contributed by atoms with Crippen LogP contribution in [-0.2, 0) is 11.3 Å². The van der Waals surface area contributed by atoms with Crippen LogP contribution in [0.1, 0.15) is 11.1 Å². The first kappa shape index (κ1) is 12.7. The van der Waals surface area contributed by atoms with Gasteiger partial charge >= 0.3 is 0 Å². The summed E-state index contributed by atoms with van der Waals surface area (Å²) in [7, 11) is 0. The van der Waals surface area contributed by atoms with Crippen molar-refractivity contribution in [3.05, 3.63) is 64.7 Å².